The fraction of sp³-hybridized carbons (Fsp3) is 0.0667. The van der Waals surface area contributed by atoms with Crippen LogP contribution in [0.25, 0.3) is 15.6 Å². The molecule has 0 fully saturated rings. The molecule has 2 N–H and O–H groups in total. The van der Waals surface area contributed by atoms with E-state index in [4.69, 9.17) is 10.2 Å². The number of hydrogen-bond acceptors (Lipinski definition) is 8. The van der Waals surface area contributed by atoms with E-state index in [1.807, 2.05) is 35.7 Å². The molecule has 2 aromatic heterocycles. The van der Waals surface area contributed by atoms with Crippen LogP contribution >= 0.6 is 50.4 Å². The third kappa shape index (κ3) is 3.27. The number of rotatable bonds is 5. The monoisotopic (exact) mass is 473 g/mol. The van der Waals surface area contributed by atoms with Gasteiger partial charge in [-0.15, -0.1) is 0 Å². The van der Waals surface area contributed by atoms with Crippen molar-refractivity contribution in [2.75, 3.05) is 5.06 Å². The van der Waals surface area contributed by atoms with Gasteiger partial charge >= 0.3 is 5.97 Å². The highest BCUT2D eigenvalue weighted by atomic mass is 79.9. The SMILES string of the molecule is O=C(O)C[n+]1c(C=C2Sc3ccc(Br)cc3N2OOO)sc2ccsc21. The summed E-state index contributed by atoms with van der Waals surface area (Å²) in [6.07, 6.45) is 1.82. The zero-order chi connectivity index (χ0) is 18.3. The first-order chi connectivity index (χ1) is 12.6. The lowest BCUT2D eigenvalue weighted by atomic mass is 10.3. The van der Waals surface area contributed by atoms with E-state index in [9.17, 15) is 9.90 Å². The van der Waals surface area contributed by atoms with Crippen molar-refractivity contribution >= 4 is 77.6 Å². The van der Waals surface area contributed by atoms with Crippen molar-refractivity contribution in [1.82, 2.24) is 0 Å². The highest BCUT2D eigenvalue weighted by molar-refractivity contribution is 9.10. The van der Waals surface area contributed by atoms with E-state index in [-0.39, 0.29) is 6.54 Å². The summed E-state index contributed by atoms with van der Waals surface area (Å²) in [5, 5.41) is 26.6. The molecule has 1 aliphatic rings. The fourth-order valence-electron chi connectivity index (χ4n) is 2.54. The molecule has 0 aliphatic carbocycles. The van der Waals surface area contributed by atoms with E-state index in [2.05, 4.69) is 21.0 Å². The van der Waals surface area contributed by atoms with Crippen molar-refractivity contribution in [2.45, 2.75) is 11.4 Å². The number of halogens is 1. The van der Waals surface area contributed by atoms with Crippen LogP contribution in [0.1, 0.15) is 5.01 Å². The molecule has 3 heterocycles. The summed E-state index contributed by atoms with van der Waals surface area (Å²) in [5.41, 5.74) is 0.702. The number of hydroxylamine groups is 1. The Morgan fingerprint density at radius 3 is 3.00 bits per heavy atom. The average molecular weight is 474 g/mol. The molecule has 0 saturated carbocycles. The summed E-state index contributed by atoms with van der Waals surface area (Å²) in [7, 11) is 0. The van der Waals surface area contributed by atoms with Crippen LogP contribution in [-0.4, -0.2) is 16.3 Å². The molecule has 7 nitrogen and oxygen atoms in total. The molecule has 26 heavy (non-hydrogen) atoms. The van der Waals surface area contributed by atoms with E-state index >= 15 is 0 Å². The van der Waals surface area contributed by atoms with Gasteiger partial charge in [0.25, 0.3) is 9.84 Å². The molecule has 4 rings (SSSR count). The van der Waals surface area contributed by atoms with Crippen LogP contribution in [0.4, 0.5) is 5.69 Å². The summed E-state index contributed by atoms with van der Waals surface area (Å²) >= 11 is 7.81. The van der Waals surface area contributed by atoms with Gasteiger partial charge in [-0.05, 0) is 34.7 Å². The quantitative estimate of drug-likeness (QED) is 0.323. The first-order valence-corrected chi connectivity index (χ1v) is 10.5. The van der Waals surface area contributed by atoms with Gasteiger partial charge in [0, 0.05) is 9.37 Å². The standard InChI is InChI=1S/C15H9BrN2O5S3/c16-8-1-2-10-9(5-8)18(22-23-21)13(25-10)6-12-17(7-14(19)20)15-11(26-12)3-4-24-15/h1-6H,7H2,(H-,19,20,21)/p+1. The number of aliphatic carboxylic acids is 1. The summed E-state index contributed by atoms with van der Waals surface area (Å²) in [4.78, 5) is 18.0. The molecule has 3 aromatic rings. The molecule has 0 amide bonds. The number of nitrogens with zero attached hydrogens (tertiary/aromatic N) is 2. The molecule has 0 atom stereocenters. The van der Waals surface area contributed by atoms with Crippen molar-refractivity contribution in [2.24, 2.45) is 0 Å². The van der Waals surface area contributed by atoms with Crippen LogP contribution in [0.2, 0.25) is 0 Å². The molecule has 0 bridgehead atoms. The predicted octanol–water partition coefficient (Wildman–Crippen LogP) is 4.34. The largest absolute Gasteiger partial charge is 0.477 e. The predicted molar refractivity (Wildman–Crippen MR) is 103 cm³/mol. The van der Waals surface area contributed by atoms with Crippen LogP contribution in [0.3, 0.4) is 0 Å². The zero-order valence-electron chi connectivity index (χ0n) is 12.8. The molecule has 11 heteroatoms. The van der Waals surface area contributed by atoms with E-state index in [0.717, 1.165) is 23.9 Å². The Labute approximate surface area is 167 Å². The second kappa shape index (κ2) is 7.27. The second-order valence-corrected chi connectivity index (χ2v) is 9.09. The van der Waals surface area contributed by atoms with Crippen molar-refractivity contribution < 1.29 is 29.8 Å². The minimum absolute atomic E-state index is 0.139. The molecule has 0 spiro atoms. The molecular formula is C15H10BrN2O5S3+. The minimum Gasteiger partial charge on any atom is -0.477 e. The molecule has 1 aromatic carbocycles. The van der Waals surface area contributed by atoms with Crippen LogP contribution < -0.4 is 9.63 Å². The van der Waals surface area contributed by atoms with E-state index < -0.39 is 5.97 Å². The van der Waals surface area contributed by atoms with Crippen molar-refractivity contribution in [3.05, 3.63) is 44.2 Å². The fourth-order valence-corrected chi connectivity index (χ4v) is 6.17. The van der Waals surface area contributed by atoms with Crippen LogP contribution in [0.5, 0.6) is 0 Å². The Balaban J connectivity index is 1.79. The number of thiophene rings is 1. The maximum atomic E-state index is 11.3. The third-order valence-corrected chi connectivity index (χ3v) is 7.25. The highest BCUT2D eigenvalue weighted by Crippen LogP contribution is 2.48. The molecule has 0 radical (unpaired) electrons. The summed E-state index contributed by atoms with van der Waals surface area (Å²) in [6.45, 7) is -0.139. The second-order valence-electron chi connectivity index (χ2n) is 5.15. The minimum atomic E-state index is -0.916. The highest BCUT2D eigenvalue weighted by Gasteiger charge is 2.31. The molecule has 0 unspecified atom stereocenters. The number of carboxylic acid groups (broad SMARTS) is 1. The summed E-state index contributed by atoms with van der Waals surface area (Å²) in [6, 6.07) is 7.61. The van der Waals surface area contributed by atoms with Crippen molar-refractivity contribution in [3.8, 4) is 0 Å². The van der Waals surface area contributed by atoms with E-state index in [0.29, 0.717) is 10.7 Å². The van der Waals surface area contributed by atoms with Gasteiger partial charge in [-0.1, -0.05) is 55.4 Å². The number of aromatic nitrogens is 1. The average Bonchev–Trinajstić information content (AvgIpc) is 3.25. The van der Waals surface area contributed by atoms with Gasteiger partial charge < -0.3 is 5.11 Å². The Kier molecular flexibility index (Phi) is 5.01. The van der Waals surface area contributed by atoms with Gasteiger partial charge in [-0.2, -0.15) is 9.63 Å². The lowest BCUT2D eigenvalue weighted by molar-refractivity contribution is -0.655. The molecule has 0 saturated heterocycles. The van der Waals surface area contributed by atoms with E-state index in [1.54, 1.807) is 4.57 Å². The number of thiazole rings is 1. The summed E-state index contributed by atoms with van der Waals surface area (Å²) in [5.74, 6) is -0.916. The van der Waals surface area contributed by atoms with Gasteiger partial charge in [0.2, 0.25) is 6.54 Å². The number of hydrogen-bond donors (Lipinski definition) is 2. The van der Waals surface area contributed by atoms with Crippen molar-refractivity contribution in [3.63, 3.8) is 0 Å². The van der Waals surface area contributed by atoms with Gasteiger partial charge in [0.05, 0.1) is 11.8 Å². The van der Waals surface area contributed by atoms with Crippen molar-refractivity contribution in [1.29, 1.82) is 0 Å². The molecule has 1 aliphatic heterocycles. The van der Waals surface area contributed by atoms with Gasteiger partial charge in [-0.25, -0.2) is 10.1 Å². The summed E-state index contributed by atoms with van der Waals surface area (Å²) < 4.78 is 3.61. The number of thioether (sulfide) groups is 1. The lowest BCUT2D eigenvalue weighted by Gasteiger charge is -2.14. The number of fused-ring (bicyclic) bond motifs is 2. The van der Waals surface area contributed by atoms with Gasteiger partial charge in [0.15, 0.2) is 0 Å². The van der Waals surface area contributed by atoms with Crippen LogP contribution in [-0.2, 0) is 21.4 Å². The maximum Gasteiger partial charge on any atom is 0.370 e. The van der Waals surface area contributed by atoms with E-state index in [1.165, 1.54) is 39.5 Å². The first kappa shape index (κ1) is 17.9. The Morgan fingerprint density at radius 1 is 1.38 bits per heavy atom. The molecule has 134 valence electrons. The van der Waals surface area contributed by atoms with Gasteiger partial charge in [0.1, 0.15) is 9.73 Å². The van der Waals surface area contributed by atoms with Crippen LogP contribution in [0, 0.1) is 0 Å². The topological polar surface area (TPSA) is 83.1 Å². The number of benzene rings is 1. The number of anilines is 1. The number of carboxylic acids is 1. The zero-order valence-corrected chi connectivity index (χ0v) is 16.8. The first-order valence-electron chi connectivity index (χ1n) is 7.16. The Bertz CT molecular complexity index is 1030. The smallest absolute Gasteiger partial charge is 0.370 e. The van der Waals surface area contributed by atoms with Gasteiger partial charge in [-0.3, -0.25) is 0 Å². The third-order valence-electron chi connectivity index (χ3n) is 3.54. The lowest BCUT2D eigenvalue weighted by Crippen LogP contribution is -2.38. The van der Waals surface area contributed by atoms with Crippen LogP contribution in [0.15, 0.2) is 44.0 Å². The maximum absolute atomic E-state index is 11.3. The Morgan fingerprint density at radius 2 is 2.23 bits per heavy atom. The number of carbonyl (C=O) groups is 1. The molecular weight excluding hydrogens is 464 g/mol. The normalized spacial score (nSPS) is 15.2. The Hall–Kier alpha value is -1.47.